The molecule has 0 radical (unpaired) electrons. The van der Waals surface area contributed by atoms with E-state index in [1.165, 1.54) is 0 Å². The van der Waals surface area contributed by atoms with Gasteiger partial charge in [-0.1, -0.05) is 79.2 Å². The van der Waals surface area contributed by atoms with Crippen molar-refractivity contribution < 1.29 is 19.1 Å². The van der Waals surface area contributed by atoms with Crippen molar-refractivity contribution in [2.45, 2.75) is 98.9 Å². The zero-order chi connectivity index (χ0) is 31.9. The van der Waals surface area contributed by atoms with Crippen molar-refractivity contribution in [3.63, 3.8) is 0 Å². The average molecular weight is 586 g/mol. The van der Waals surface area contributed by atoms with Crippen LogP contribution in [0.3, 0.4) is 0 Å². The zero-order valence-electron chi connectivity index (χ0n) is 27.1. The maximum absolute atomic E-state index is 14.7. The van der Waals surface area contributed by atoms with Crippen molar-refractivity contribution in [3.05, 3.63) is 100 Å². The summed E-state index contributed by atoms with van der Waals surface area (Å²) in [5.41, 5.74) is 5.35. The number of carbonyl (C=O) groups is 3. The van der Waals surface area contributed by atoms with Crippen molar-refractivity contribution in [3.8, 4) is 0 Å². The number of ether oxygens (including phenoxy) is 1. The fraction of sp³-hybridized carbons (Fsp3) is 0.417. The number of nitrogens with zero attached hydrogens (tertiary/aromatic N) is 1. The summed E-state index contributed by atoms with van der Waals surface area (Å²) >= 11 is 0. The van der Waals surface area contributed by atoms with E-state index >= 15 is 0 Å². The number of hydrogen-bond donors (Lipinski definition) is 2. The van der Waals surface area contributed by atoms with Crippen LogP contribution in [-0.2, 0) is 20.7 Å². The monoisotopic (exact) mass is 585 g/mol. The molecule has 0 heterocycles. The van der Waals surface area contributed by atoms with Gasteiger partial charge in [0, 0.05) is 18.2 Å². The molecule has 0 aliphatic rings. The van der Waals surface area contributed by atoms with E-state index < -0.39 is 23.8 Å². The molecule has 0 bridgehead atoms. The number of rotatable bonds is 10. The fourth-order valence-corrected chi connectivity index (χ4v) is 5.15. The van der Waals surface area contributed by atoms with Crippen LogP contribution in [0.4, 0.5) is 10.5 Å². The normalized spacial score (nSPS) is 13.4. The van der Waals surface area contributed by atoms with Gasteiger partial charge in [-0.2, -0.15) is 0 Å². The maximum Gasteiger partial charge on any atom is 0.408 e. The minimum absolute atomic E-state index is 0.240. The average Bonchev–Trinajstić information content (AvgIpc) is 2.93. The lowest BCUT2D eigenvalue weighted by Gasteiger charge is -2.39. The standard InChI is InChI=1S/C36H47N3O4/c1-10-27(6)39(34(41)30(22-28-17-12-11-13-18-28)37-35(42)43-36(7,8)9)32(29-21-23(2)19-20-24(29)3)33(40)38-31-25(4)15-14-16-26(31)5/h11-21,27,30,32H,10,22H2,1-9H3,(H,37,42)(H,38,40). The van der Waals surface area contributed by atoms with E-state index in [-0.39, 0.29) is 24.3 Å². The van der Waals surface area contributed by atoms with Gasteiger partial charge in [-0.05, 0) is 89.6 Å². The number of alkyl carbamates (subject to hydrolysis) is 1. The highest BCUT2D eigenvalue weighted by Crippen LogP contribution is 2.32. The third-order valence-corrected chi connectivity index (χ3v) is 7.58. The van der Waals surface area contributed by atoms with Gasteiger partial charge < -0.3 is 20.3 Å². The summed E-state index contributed by atoms with van der Waals surface area (Å²) in [6.07, 6.45) is 0.159. The smallest absolute Gasteiger partial charge is 0.408 e. The Bertz CT molecular complexity index is 1410. The minimum atomic E-state index is -0.966. The molecule has 0 spiro atoms. The second-order valence-electron chi connectivity index (χ2n) is 12.4. The lowest BCUT2D eigenvalue weighted by molar-refractivity contribution is -0.143. The van der Waals surface area contributed by atoms with Gasteiger partial charge in [-0.15, -0.1) is 0 Å². The largest absolute Gasteiger partial charge is 0.444 e. The van der Waals surface area contributed by atoms with Crippen LogP contribution in [0.1, 0.15) is 80.5 Å². The van der Waals surface area contributed by atoms with E-state index in [4.69, 9.17) is 4.74 Å². The van der Waals surface area contributed by atoms with Crippen molar-refractivity contribution in [2.75, 3.05) is 5.32 Å². The molecule has 230 valence electrons. The first kappa shape index (κ1) is 33.4. The lowest BCUT2D eigenvalue weighted by atomic mass is 9.93. The number of amides is 3. The summed E-state index contributed by atoms with van der Waals surface area (Å²) in [5, 5.41) is 5.99. The van der Waals surface area contributed by atoms with Gasteiger partial charge in [-0.3, -0.25) is 9.59 Å². The van der Waals surface area contributed by atoms with E-state index in [2.05, 4.69) is 10.6 Å². The highest BCUT2D eigenvalue weighted by atomic mass is 16.6. The second kappa shape index (κ2) is 14.4. The Morgan fingerprint density at radius 3 is 2.07 bits per heavy atom. The zero-order valence-corrected chi connectivity index (χ0v) is 27.1. The Kier molecular flexibility index (Phi) is 11.1. The Labute approximate surface area is 257 Å². The highest BCUT2D eigenvalue weighted by molar-refractivity contribution is 6.00. The summed E-state index contributed by atoms with van der Waals surface area (Å²) in [7, 11) is 0. The molecule has 3 aromatic carbocycles. The first-order valence-electron chi connectivity index (χ1n) is 15.0. The van der Waals surface area contributed by atoms with Crippen LogP contribution in [0.15, 0.2) is 66.7 Å². The lowest BCUT2D eigenvalue weighted by Crippen LogP contribution is -2.55. The number of anilines is 1. The minimum Gasteiger partial charge on any atom is -0.444 e. The first-order valence-corrected chi connectivity index (χ1v) is 15.0. The predicted molar refractivity (Wildman–Crippen MR) is 173 cm³/mol. The van der Waals surface area contributed by atoms with E-state index in [1.54, 1.807) is 25.7 Å². The summed E-state index contributed by atoms with van der Waals surface area (Å²) in [5.74, 6) is -0.665. The van der Waals surface area contributed by atoms with Gasteiger partial charge in [-0.25, -0.2) is 4.79 Å². The van der Waals surface area contributed by atoms with Gasteiger partial charge in [0.25, 0.3) is 5.91 Å². The topological polar surface area (TPSA) is 87.7 Å². The molecule has 7 heteroatoms. The molecule has 3 amide bonds. The van der Waals surface area contributed by atoms with E-state index in [0.29, 0.717) is 6.42 Å². The van der Waals surface area contributed by atoms with E-state index in [1.807, 2.05) is 108 Å². The predicted octanol–water partition coefficient (Wildman–Crippen LogP) is 7.36. The van der Waals surface area contributed by atoms with E-state index in [0.717, 1.165) is 39.1 Å². The number of para-hydroxylation sites is 1. The van der Waals surface area contributed by atoms with Crippen molar-refractivity contribution in [1.82, 2.24) is 10.2 Å². The number of benzene rings is 3. The van der Waals surface area contributed by atoms with Crippen molar-refractivity contribution >= 4 is 23.6 Å². The van der Waals surface area contributed by atoms with Crippen molar-refractivity contribution in [2.24, 2.45) is 0 Å². The molecule has 2 N–H and O–H groups in total. The second-order valence-corrected chi connectivity index (χ2v) is 12.4. The number of hydrogen-bond acceptors (Lipinski definition) is 4. The molecule has 0 saturated carbocycles. The number of aryl methyl sites for hydroxylation is 4. The van der Waals surface area contributed by atoms with Gasteiger partial charge in [0.2, 0.25) is 5.91 Å². The molecular formula is C36H47N3O4. The molecule has 0 fully saturated rings. The molecule has 3 aromatic rings. The third kappa shape index (κ3) is 8.93. The van der Waals surface area contributed by atoms with Crippen LogP contribution < -0.4 is 10.6 Å². The van der Waals surface area contributed by atoms with Gasteiger partial charge in [0.15, 0.2) is 0 Å². The van der Waals surface area contributed by atoms with Crippen LogP contribution in [0.5, 0.6) is 0 Å². The molecule has 3 unspecified atom stereocenters. The molecule has 7 nitrogen and oxygen atoms in total. The molecule has 3 rings (SSSR count). The highest BCUT2D eigenvalue weighted by Gasteiger charge is 2.39. The Morgan fingerprint density at radius 2 is 1.49 bits per heavy atom. The summed E-state index contributed by atoms with van der Waals surface area (Å²) in [4.78, 5) is 43.8. The molecular weight excluding hydrogens is 538 g/mol. The summed E-state index contributed by atoms with van der Waals surface area (Å²) in [6.45, 7) is 17.1. The Hall–Kier alpha value is -4.13. The third-order valence-electron chi connectivity index (χ3n) is 7.58. The number of nitrogens with one attached hydrogen (secondary N) is 2. The van der Waals surface area contributed by atoms with Crippen LogP contribution in [0.2, 0.25) is 0 Å². The van der Waals surface area contributed by atoms with E-state index in [9.17, 15) is 14.4 Å². The number of carbonyl (C=O) groups excluding carboxylic acids is 3. The van der Waals surface area contributed by atoms with Gasteiger partial charge >= 0.3 is 6.09 Å². The molecule has 0 aliphatic heterocycles. The molecule has 0 aliphatic carbocycles. The summed E-state index contributed by atoms with van der Waals surface area (Å²) in [6, 6.07) is 19.1. The van der Waals surface area contributed by atoms with Gasteiger partial charge in [0.05, 0.1) is 0 Å². The van der Waals surface area contributed by atoms with Crippen LogP contribution in [0.25, 0.3) is 0 Å². The fourth-order valence-electron chi connectivity index (χ4n) is 5.15. The Morgan fingerprint density at radius 1 is 0.860 bits per heavy atom. The summed E-state index contributed by atoms with van der Waals surface area (Å²) < 4.78 is 5.56. The molecule has 3 atom stereocenters. The van der Waals surface area contributed by atoms with Crippen LogP contribution in [0, 0.1) is 27.7 Å². The van der Waals surface area contributed by atoms with Crippen LogP contribution in [-0.4, -0.2) is 40.5 Å². The quantitative estimate of drug-likeness (QED) is 0.260. The first-order chi connectivity index (χ1) is 20.2. The molecule has 43 heavy (non-hydrogen) atoms. The van der Waals surface area contributed by atoms with Crippen molar-refractivity contribution in [1.29, 1.82) is 0 Å². The van der Waals surface area contributed by atoms with Crippen LogP contribution >= 0.6 is 0 Å². The SMILES string of the molecule is CCC(C)N(C(=O)C(Cc1ccccc1)NC(=O)OC(C)(C)C)C(C(=O)Nc1c(C)cccc1C)c1cc(C)ccc1C. The Balaban J connectivity index is 2.16. The molecule has 0 saturated heterocycles. The maximum atomic E-state index is 14.7. The van der Waals surface area contributed by atoms with Gasteiger partial charge in [0.1, 0.15) is 17.7 Å². The molecule has 0 aromatic heterocycles.